The Balaban J connectivity index is 2.02. The predicted octanol–water partition coefficient (Wildman–Crippen LogP) is 3.59. The van der Waals surface area contributed by atoms with Gasteiger partial charge in [-0.3, -0.25) is 0 Å². The van der Waals surface area contributed by atoms with E-state index in [1.54, 1.807) is 12.1 Å². The van der Waals surface area contributed by atoms with E-state index >= 15 is 0 Å². The van der Waals surface area contributed by atoms with Crippen LogP contribution in [0.15, 0.2) is 30.5 Å². The van der Waals surface area contributed by atoms with Crippen molar-refractivity contribution < 1.29 is 4.39 Å². The van der Waals surface area contributed by atoms with Crippen LogP contribution in [-0.4, -0.2) is 9.55 Å². The third-order valence-corrected chi connectivity index (χ3v) is 3.45. The van der Waals surface area contributed by atoms with E-state index < -0.39 is 0 Å². The van der Waals surface area contributed by atoms with Gasteiger partial charge < -0.3 is 4.57 Å². The number of aryl methyl sites for hydroxylation is 1. The molecule has 3 heteroatoms. The number of rotatable bonds is 1. The number of benzene rings is 1. The molecule has 0 fully saturated rings. The van der Waals surface area contributed by atoms with Gasteiger partial charge in [0, 0.05) is 24.2 Å². The molecule has 0 saturated heterocycles. The molecule has 1 aliphatic heterocycles. The molecule has 1 aliphatic rings. The van der Waals surface area contributed by atoms with E-state index in [9.17, 15) is 4.39 Å². The summed E-state index contributed by atoms with van der Waals surface area (Å²) in [6.07, 6.45) is 5.56. The topological polar surface area (TPSA) is 17.8 Å². The smallest absolute Gasteiger partial charge is 0.123 e. The minimum Gasteiger partial charge on any atom is -0.331 e. The molecule has 2 nitrogen and oxygen atoms in total. The monoisotopic (exact) mass is 230 g/mol. The summed E-state index contributed by atoms with van der Waals surface area (Å²) in [4.78, 5) is 4.64. The molecule has 1 aromatic heterocycles. The Labute approximate surface area is 100 Å². The van der Waals surface area contributed by atoms with Gasteiger partial charge in [0.15, 0.2) is 0 Å². The Kier molecular flexibility index (Phi) is 2.46. The standard InChI is InChI=1S/C14H15FN2/c1-10-3-2-4-14-16-13(9-17(10)14)11-5-7-12(15)8-6-11/h5-10H,2-4H2,1H3/t10-/m1/s1. The van der Waals surface area contributed by atoms with E-state index in [0.29, 0.717) is 6.04 Å². The molecule has 0 radical (unpaired) electrons. The van der Waals surface area contributed by atoms with Gasteiger partial charge in [0.2, 0.25) is 0 Å². The summed E-state index contributed by atoms with van der Waals surface area (Å²) in [5.41, 5.74) is 1.94. The number of aromatic nitrogens is 2. The van der Waals surface area contributed by atoms with E-state index in [0.717, 1.165) is 23.5 Å². The highest BCUT2D eigenvalue weighted by molar-refractivity contribution is 5.58. The molecule has 1 aromatic carbocycles. The third-order valence-electron chi connectivity index (χ3n) is 3.45. The summed E-state index contributed by atoms with van der Waals surface area (Å²) >= 11 is 0. The summed E-state index contributed by atoms with van der Waals surface area (Å²) in [7, 11) is 0. The van der Waals surface area contributed by atoms with Crippen LogP contribution in [0.1, 0.15) is 31.6 Å². The fraction of sp³-hybridized carbons (Fsp3) is 0.357. The Hall–Kier alpha value is -1.64. The average Bonchev–Trinajstić information content (AvgIpc) is 2.75. The maximum absolute atomic E-state index is 12.9. The summed E-state index contributed by atoms with van der Waals surface area (Å²) in [5.74, 6) is 0.953. The number of hydrogen-bond acceptors (Lipinski definition) is 1. The van der Waals surface area contributed by atoms with Crippen molar-refractivity contribution in [3.63, 3.8) is 0 Å². The largest absolute Gasteiger partial charge is 0.331 e. The van der Waals surface area contributed by atoms with Crippen molar-refractivity contribution in [1.29, 1.82) is 0 Å². The van der Waals surface area contributed by atoms with Gasteiger partial charge in [-0.05, 0) is 44.0 Å². The lowest BCUT2D eigenvalue weighted by molar-refractivity contribution is 0.426. The van der Waals surface area contributed by atoms with Crippen molar-refractivity contribution in [2.75, 3.05) is 0 Å². The van der Waals surface area contributed by atoms with Gasteiger partial charge in [-0.1, -0.05) is 0 Å². The highest BCUT2D eigenvalue weighted by Crippen LogP contribution is 2.28. The first-order valence-corrected chi connectivity index (χ1v) is 6.08. The molecule has 3 rings (SSSR count). The normalized spacial score (nSPS) is 19.1. The maximum atomic E-state index is 12.9. The highest BCUT2D eigenvalue weighted by Gasteiger charge is 2.18. The molecule has 0 bridgehead atoms. The molecule has 0 spiro atoms. The Morgan fingerprint density at radius 3 is 2.76 bits per heavy atom. The van der Waals surface area contributed by atoms with E-state index in [4.69, 9.17) is 0 Å². The lowest BCUT2D eigenvalue weighted by Crippen LogP contribution is -2.14. The van der Waals surface area contributed by atoms with Gasteiger partial charge >= 0.3 is 0 Å². The molecule has 2 heterocycles. The second kappa shape index (κ2) is 3.99. The van der Waals surface area contributed by atoms with Crippen LogP contribution < -0.4 is 0 Å². The van der Waals surface area contributed by atoms with Crippen LogP contribution in [0.2, 0.25) is 0 Å². The molecular weight excluding hydrogens is 215 g/mol. The zero-order valence-electron chi connectivity index (χ0n) is 9.86. The fourth-order valence-electron chi connectivity index (χ4n) is 2.45. The van der Waals surface area contributed by atoms with E-state index in [1.165, 1.54) is 25.0 Å². The molecule has 0 aliphatic carbocycles. The molecule has 2 aromatic rings. The Morgan fingerprint density at radius 1 is 1.29 bits per heavy atom. The number of halogens is 1. The molecule has 0 N–H and O–H groups in total. The summed E-state index contributed by atoms with van der Waals surface area (Å²) < 4.78 is 15.1. The van der Waals surface area contributed by atoms with Crippen molar-refractivity contribution in [1.82, 2.24) is 9.55 Å². The van der Waals surface area contributed by atoms with Gasteiger partial charge in [-0.2, -0.15) is 0 Å². The van der Waals surface area contributed by atoms with Crippen LogP contribution in [0.3, 0.4) is 0 Å². The summed E-state index contributed by atoms with van der Waals surface area (Å²) in [6, 6.07) is 7.07. The van der Waals surface area contributed by atoms with Crippen LogP contribution in [-0.2, 0) is 6.42 Å². The fourth-order valence-corrected chi connectivity index (χ4v) is 2.45. The average molecular weight is 230 g/mol. The van der Waals surface area contributed by atoms with Gasteiger partial charge in [-0.15, -0.1) is 0 Å². The molecule has 17 heavy (non-hydrogen) atoms. The lowest BCUT2D eigenvalue weighted by Gasteiger charge is -2.20. The Morgan fingerprint density at radius 2 is 2.06 bits per heavy atom. The van der Waals surface area contributed by atoms with Gasteiger partial charge in [0.05, 0.1) is 5.69 Å². The van der Waals surface area contributed by atoms with Crippen LogP contribution >= 0.6 is 0 Å². The number of imidazole rings is 1. The minimum absolute atomic E-state index is 0.203. The van der Waals surface area contributed by atoms with Crippen molar-refractivity contribution in [3.8, 4) is 11.3 Å². The summed E-state index contributed by atoms with van der Waals surface area (Å²) in [6.45, 7) is 2.22. The first kappa shape index (κ1) is 10.5. The zero-order chi connectivity index (χ0) is 11.8. The zero-order valence-corrected chi connectivity index (χ0v) is 9.86. The van der Waals surface area contributed by atoms with Crippen molar-refractivity contribution in [2.45, 2.75) is 32.2 Å². The van der Waals surface area contributed by atoms with Gasteiger partial charge in [-0.25, -0.2) is 9.37 Å². The number of fused-ring (bicyclic) bond motifs is 1. The van der Waals surface area contributed by atoms with Gasteiger partial charge in [0.25, 0.3) is 0 Å². The van der Waals surface area contributed by atoms with E-state index in [-0.39, 0.29) is 5.82 Å². The maximum Gasteiger partial charge on any atom is 0.123 e. The third kappa shape index (κ3) is 1.86. The highest BCUT2D eigenvalue weighted by atomic mass is 19.1. The van der Waals surface area contributed by atoms with Crippen molar-refractivity contribution in [2.24, 2.45) is 0 Å². The molecular formula is C14H15FN2. The minimum atomic E-state index is -0.203. The van der Waals surface area contributed by atoms with Crippen molar-refractivity contribution >= 4 is 0 Å². The number of nitrogens with zero attached hydrogens (tertiary/aromatic N) is 2. The van der Waals surface area contributed by atoms with Crippen LogP contribution in [0.4, 0.5) is 4.39 Å². The SMILES string of the molecule is C[C@@H]1CCCc2nc(-c3ccc(F)cc3)cn21. The number of hydrogen-bond donors (Lipinski definition) is 0. The first-order valence-electron chi connectivity index (χ1n) is 6.08. The second-order valence-electron chi connectivity index (χ2n) is 4.70. The molecule has 88 valence electrons. The quantitative estimate of drug-likeness (QED) is 0.732. The molecule has 0 saturated carbocycles. The molecule has 0 unspecified atom stereocenters. The predicted molar refractivity (Wildman–Crippen MR) is 65.3 cm³/mol. The summed E-state index contributed by atoms with van der Waals surface area (Å²) in [5, 5.41) is 0. The van der Waals surface area contributed by atoms with Crippen LogP contribution in [0.5, 0.6) is 0 Å². The first-order chi connectivity index (χ1) is 8.24. The van der Waals surface area contributed by atoms with E-state index in [2.05, 4.69) is 22.7 Å². The lowest BCUT2D eigenvalue weighted by atomic mass is 10.1. The molecule has 0 amide bonds. The van der Waals surface area contributed by atoms with Crippen molar-refractivity contribution in [3.05, 3.63) is 42.1 Å². The van der Waals surface area contributed by atoms with Crippen LogP contribution in [0.25, 0.3) is 11.3 Å². The van der Waals surface area contributed by atoms with Crippen LogP contribution in [0, 0.1) is 5.82 Å². The van der Waals surface area contributed by atoms with Gasteiger partial charge in [0.1, 0.15) is 11.6 Å². The Bertz CT molecular complexity index is 528. The molecule has 1 atom stereocenters. The van der Waals surface area contributed by atoms with E-state index in [1.807, 2.05) is 0 Å². The second-order valence-corrected chi connectivity index (χ2v) is 4.70.